The second-order valence-electron chi connectivity index (χ2n) is 6.19. The highest BCUT2D eigenvalue weighted by atomic mass is 16.2. The zero-order valence-corrected chi connectivity index (χ0v) is 13.0. The Morgan fingerprint density at radius 2 is 1.72 bits per heavy atom. The molecule has 1 fully saturated rings. The Bertz CT molecular complexity index is 291. The van der Waals surface area contributed by atoms with Crippen molar-refractivity contribution in [3.8, 4) is 0 Å². The normalized spacial score (nSPS) is 24.9. The molecule has 0 spiro atoms. The third-order valence-corrected chi connectivity index (χ3v) is 4.21. The molecule has 2 atom stereocenters. The van der Waals surface area contributed by atoms with Gasteiger partial charge in [0.2, 0.25) is 0 Å². The molecule has 1 aliphatic heterocycles. The molecular weight excluding hydrogens is 226 g/mol. The van der Waals surface area contributed by atoms with E-state index in [-0.39, 0.29) is 12.1 Å². The number of likely N-dealkylation sites (tertiary alicyclic amines) is 1. The highest BCUT2D eigenvalue weighted by Gasteiger charge is 2.36. The van der Waals surface area contributed by atoms with Crippen molar-refractivity contribution >= 4 is 6.03 Å². The molecule has 2 unspecified atom stereocenters. The number of nitrogens with zero attached hydrogens (tertiary/aromatic N) is 3. The average molecular weight is 255 g/mol. The molecule has 4 heteroatoms. The van der Waals surface area contributed by atoms with Crippen LogP contribution >= 0.6 is 0 Å². The minimum Gasteiger partial charge on any atom is -0.325 e. The highest BCUT2D eigenvalue weighted by molar-refractivity contribution is 5.74. The Hall–Kier alpha value is -0.770. The van der Waals surface area contributed by atoms with Crippen LogP contribution in [0.2, 0.25) is 0 Å². The van der Waals surface area contributed by atoms with Gasteiger partial charge in [-0.15, -0.1) is 0 Å². The van der Waals surface area contributed by atoms with Crippen molar-refractivity contribution in [2.75, 3.05) is 27.2 Å². The first-order valence-electron chi connectivity index (χ1n) is 6.99. The van der Waals surface area contributed by atoms with Crippen LogP contribution in [0.4, 0.5) is 4.79 Å². The number of hydrogen-bond acceptors (Lipinski definition) is 2. The predicted molar refractivity (Wildman–Crippen MR) is 75.7 cm³/mol. The van der Waals surface area contributed by atoms with Crippen molar-refractivity contribution in [3.63, 3.8) is 0 Å². The quantitative estimate of drug-likeness (QED) is 0.772. The molecule has 18 heavy (non-hydrogen) atoms. The number of amides is 2. The number of likely N-dealkylation sites (N-methyl/N-ethyl adjacent to an activating group) is 1. The maximum atomic E-state index is 12.3. The lowest BCUT2D eigenvalue weighted by atomic mass is 10.1. The summed E-state index contributed by atoms with van der Waals surface area (Å²) in [5, 5.41) is 0. The van der Waals surface area contributed by atoms with Gasteiger partial charge < -0.3 is 9.80 Å². The van der Waals surface area contributed by atoms with Crippen molar-refractivity contribution < 1.29 is 4.79 Å². The van der Waals surface area contributed by atoms with Crippen LogP contribution in [0, 0.1) is 5.92 Å². The molecular formula is C14H29N3O. The van der Waals surface area contributed by atoms with Gasteiger partial charge in [0.05, 0.1) is 0 Å². The van der Waals surface area contributed by atoms with E-state index in [1.54, 1.807) is 0 Å². The fourth-order valence-electron chi connectivity index (χ4n) is 2.52. The lowest BCUT2D eigenvalue weighted by Crippen LogP contribution is -2.49. The van der Waals surface area contributed by atoms with Crippen LogP contribution in [0.15, 0.2) is 0 Å². The van der Waals surface area contributed by atoms with E-state index in [4.69, 9.17) is 0 Å². The number of carbonyl (C=O) groups is 1. The minimum absolute atomic E-state index is 0.132. The first-order valence-corrected chi connectivity index (χ1v) is 6.99. The predicted octanol–water partition coefficient (Wildman–Crippen LogP) is 2.11. The molecule has 4 nitrogen and oxygen atoms in total. The molecule has 0 aromatic carbocycles. The van der Waals surface area contributed by atoms with Crippen molar-refractivity contribution in [2.45, 2.75) is 52.7 Å². The standard InChI is InChI=1S/C14H29N3O/c1-10(2)15(6)14(18)16(7)13-9-17(11(3)4)8-12(13)5/h10-13H,8-9H2,1-7H3. The van der Waals surface area contributed by atoms with Crippen molar-refractivity contribution in [2.24, 2.45) is 5.92 Å². The monoisotopic (exact) mass is 255 g/mol. The van der Waals surface area contributed by atoms with E-state index in [1.165, 1.54) is 0 Å². The fourth-order valence-corrected chi connectivity index (χ4v) is 2.52. The van der Waals surface area contributed by atoms with Crippen LogP contribution in [0.25, 0.3) is 0 Å². The van der Waals surface area contributed by atoms with Gasteiger partial charge in [-0.05, 0) is 33.6 Å². The summed E-state index contributed by atoms with van der Waals surface area (Å²) in [7, 11) is 3.82. The molecule has 1 heterocycles. The summed E-state index contributed by atoms with van der Waals surface area (Å²) in [5.74, 6) is 0.543. The molecule has 1 saturated heterocycles. The Morgan fingerprint density at radius 1 is 1.17 bits per heavy atom. The molecule has 0 N–H and O–H groups in total. The lowest BCUT2D eigenvalue weighted by molar-refractivity contribution is 0.138. The number of hydrogen-bond donors (Lipinski definition) is 0. The molecule has 2 amide bonds. The Labute approximate surface area is 112 Å². The van der Waals surface area contributed by atoms with Gasteiger partial charge in [-0.3, -0.25) is 4.90 Å². The summed E-state index contributed by atoms with van der Waals surface area (Å²) in [5.41, 5.74) is 0. The Kier molecular flexibility index (Phi) is 5.02. The van der Waals surface area contributed by atoms with Gasteiger partial charge in [0, 0.05) is 45.3 Å². The van der Waals surface area contributed by atoms with Crippen LogP contribution in [-0.2, 0) is 0 Å². The summed E-state index contributed by atoms with van der Waals surface area (Å²) in [4.78, 5) is 18.5. The SMILES string of the molecule is CC1CN(C(C)C)CC1N(C)C(=O)N(C)C(C)C. The number of carbonyl (C=O) groups excluding carboxylic acids is 1. The van der Waals surface area contributed by atoms with Crippen LogP contribution in [-0.4, -0.2) is 66.0 Å². The van der Waals surface area contributed by atoms with Gasteiger partial charge in [-0.25, -0.2) is 4.79 Å². The molecule has 1 aliphatic rings. The van der Waals surface area contributed by atoms with E-state index < -0.39 is 0 Å². The van der Waals surface area contributed by atoms with Gasteiger partial charge in [0.1, 0.15) is 0 Å². The van der Waals surface area contributed by atoms with Crippen molar-refractivity contribution in [1.82, 2.24) is 14.7 Å². The second-order valence-corrected chi connectivity index (χ2v) is 6.19. The van der Waals surface area contributed by atoms with E-state index >= 15 is 0 Å². The number of urea groups is 1. The summed E-state index contributed by atoms with van der Waals surface area (Å²) in [6.45, 7) is 12.9. The zero-order valence-electron chi connectivity index (χ0n) is 13.0. The second kappa shape index (κ2) is 5.91. The Balaban J connectivity index is 2.67. The first-order chi connectivity index (χ1) is 8.25. The molecule has 0 radical (unpaired) electrons. The van der Waals surface area contributed by atoms with Crippen molar-refractivity contribution in [3.05, 3.63) is 0 Å². The summed E-state index contributed by atoms with van der Waals surface area (Å²) < 4.78 is 0. The van der Waals surface area contributed by atoms with Crippen LogP contribution in [0.5, 0.6) is 0 Å². The largest absolute Gasteiger partial charge is 0.325 e. The third kappa shape index (κ3) is 3.16. The van der Waals surface area contributed by atoms with E-state index in [0.717, 1.165) is 13.1 Å². The van der Waals surface area contributed by atoms with E-state index in [1.807, 2.05) is 37.7 Å². The van der Waals surface area contributed by atoms with Gasteiger partial charge in [-0.2, -0.15) is 0 Å². The summed E-state index contributed by atoms with van der Waals surface area (Å²) >= 11 is 0. The van der Waals surface area contributed by atoms with Crippen LogP contribution < -0.4 is 0 Å². The number of rotatable bonds is 3. The molecule has 106 valence electrons. The molecule has 1 rings (SSSR count). The smallest absolute Gasteiger partial charge is 0.320 e. The van der Waals surface area contributed by atoms with Gasteiger partial charge >= 0.3 is 6.03 Å². The summed E-state index contributed by atoms with van der Waals surface area (Å²) in [6.07, 6.45) is 0. The molecule has 0 bridgehead atoms. The van der Waals surface area contributed by atoms with Gasteiger partial charge in [-0.1, -0.05) is 6.92 Å². The molecule has 0 aromatic rings. The fraction of sp³-hybridized carbons (Fsp3) is 0.929. The zero-order chi connectivity index (χ0) is 14.0. The lowest BCUT2D eigenvalue weighted by Gasteiger charge is -2.33. The third-order valence-electron chi connectivity index (χ3n) is 4.21. The van der Waals surface area contributed by atoms with Gasteiger partial charge in [0.25, 0.3) is 0 Å². The van der Waals surface area contributed by atoms with Crippen molar-refractivity contribution in [1.29, 1.82) is 0 Å². The minimum atomic E-state index is 0.132. The topological polar surface area (TPSA) is 26.8 Å². The van der Waals surface area contributed by atoms with Crippen LogP contribution in [0.3, 0.4) is 0 Å². The van der Waals surface area contributed by atoms with E-state index in [2.05, 4.69) is 25.7 Å². The highest BCUT2D eigenvalue weighted by Crippen LogP contribution is 2.23. The van der Waals surface area contributed by atoms with E-state index in [9.17, 15) is 4.79 Å². The average Bonchev–Trinajstić information content (AvgIpc) is 2.68. The van der Waals surface area contributed by atoms with Gasteiger partial charge in [0.15, 0.2) is 0 Å². The maximum absolute atomic E-state index is 12.3. The summed E-state index contributed by atoms with van der Waals surface area (Å²) in [6, 6.07) is 1.27. The van der Waals surface area contributed by atoms with Crippen LogP contribution in [0.1, 0.15) is 34.6 Å². The molecule has 0 aliphatic carbocycles. The maximum Gasteiger partial charge on any atom is 0.320 e. The molecule has 0 saturated carbocycles. The molecule has 0 aromatic heterocycles. The Morgan fingerprint density at radius 3 is 2.11 bits per heavy atom. The first kappa shape index (κ1) is 15.3. The van der Waals surface area contributed by atoms with E-state index in [0.29, 0.717) is 18.0 Å².